The van der Waals surface area contributed by atoms with Crippen molar-refractivity contribution in [3.05, 3.63) is 23.0 Å². The van der Waals surface area contributed by atoms with Crippen LogP contribution >= 0.6 is 11.3 Å². The Labute approximate surface area is 106 Å². The summed E-state index contributed by atoms with van der Waals surface area (Å²) in [5.41, 5.74) is 2.71. The first kappa shape index (κ1) is 11.2. The van der Waals surface area contributed by atoms with Crippen molar-refractivity contribution in [2.45, 2.75) is 45.7 Å². The highest BCUT2D eigenvalue weighted by molar-refractivity contribution is 7.15. The first-order valence-electron chi connectivity index (χ1n) is 6.24. The lowest BCUT2D eigenvalue weighted by Gasteiger charge is -2.26. The molecule has 0 radical (unpaired) electrons. The summed E-state index contributed by atoms with van der Waals surface area (Å²) in [5.74, 6) is 0.855. The number of aryl methyl sites for hydroxylation is 1. The summed E-state index contributed by atoms with van der Waals surface area (Å²) in [5, 5.41) is 5.78. The normalized spacial score (nSPS) is 16.9. The van der Waals surface area contributed by atoms with Gasteiger partial charge in [0.2, 0.25) is 0 Å². The molecular weight excluding hydrogens is 230 g/mol. The fourth-order valence-electron chi connectivity index (χ4n) is 2.41. The van der Waals surface area contributed by atoms with Crippen molar-refractivity contribution >= 4 is 16.3 Å². The van der Waals surface area contributed by atoms with Crippen LogP contribution < -0.4 is 5.32 Å². The van der Waals surface area contributed by atoms with Crippen molar-refractivity contribution in [3.8, 4) is 0 Å². The quantitative estimate of drug-likeness (QED) is 0.902. The Balaban J connectivity index is 1.80. The maximum absolute atomic E-state index is 4.58. The zero-order chi connectivity index (χ0) is 12.0. The van der Waals surface area contributed by atoms with Crippen molar-refractivity contribution in [1.29, 1.82) is 0 Å². The molecule has 4 heteroatoms. The van der Waals surface area contributed by atoms with Gasteiger partial charge in [-0.1, -0.05) is 0 Å². The van der Waals surface area contributed by atoms with E-state index in [1.165, 1.54) is 18.5 Å². The highest BCUT2D eigenvalue weighted by atomic mass is 32.1. The van der Waals surface area contributed by atoms with Gasteiger partial charge in [-0.2, -0.15) is 0 Å². The summed E-state index contributed by atoms with van der Waals surface area (Å²) < 4.78 is 2.20. The van der Waals surface area contributed by atoms with Crippen molar-refractivity contribution < 1.29 is 0 Å². The van der Waals surface area contributed by atoms with Crippen LogP contribution in [-0.4, -0.2) is 14.9 Å². The minimum Gasteiger partial charge on any atom is -0.306 e. The van der Waals surface area contributed by atoms with Gasteiger partial charge < -0.3 is 5.32 Å². The van der Waals surface area contributed by atoms with Gasteiger partial charge in [0, 0.05) is 23.7 Å². The molecule has 1 N–H and O–H groups in total. The van der Waals surface area contributed by atoms with E-state index in [1.807, 2.05) is 0 Å². The summed E-state index contributed by atoms with van der Waals surface area (Å²) in [4.78, 5) is 5.68. The van der Waals surface area contributed by atoms with Crippen LogP contribution in [-0.2, 0) is 6.54 Å². The standard InChI is InChI=1S/C13H19N3S/c1-9-11(16-6-7-17-12(16)15-9)8-14-13(2,3)10-4-5-10/h6-7,10,14H,4-5,8H2,1-3H3. The number of imidazole rings is 1. The third-order valence-electron chi connectivity index (χ3n) is 3.87. The SMILES string of the molecule is Cc1nc2sccn2c1CNC(C)(C)C1CC1. The van der Waals surface area contributed by atoms with E-state index in [2.05, 4.69) is 47.0 Å². The summed E-state index contributed by atoms with van der Waals surface area (Å²) in [6, 6.07) is 0. The van der Waals surface area contributed by atoms with Gasteiger partial charge in [0.25, 0.3) is 0 Å². The fraction of sp³-hybridized carbons (Fsp3) is 0.615. The van der Waals surface area contributed by atoms with Crippen LogP contribution in [0.2, 0.25) is 0 Å². The number of aromatic nitrogens is 2. The smallest absolute Gasteiger partial charge is 0.194 e. The van der Waals surface area contributed by atoms with Crippen LogP contribution in [0.25, 0.3) is 4.96 Å². The van der Waals surface area contributed by atoms with Crippen LogP contribution in [0.15, 0.2) is 11.6 Å². The summed E-state index contributed by atoms with van der Waals surface area (Å²) >= 11 is 1.70. The molecule has 2 aromatic rings. The van der Waals surface area contributed by atoms with Crippen LogP contribution in [0.4, 0.5) is 0 Å². The van der Waals surface area contributed by atoms with Crippen LogP contribution in [0.3, 0.4) is 0 Å². The fourth-order valence-corrected chi connectivity index (χ4v) is 3.19. The zero-order valence-corrected chi connectivity index (χ0v) is 11.5. The number of nitrogens with one attached hydrogen (secondary N) is 1. The molecule has 17 heavy (non-hydrogen) atoms. The molecule has 2 heterocycles. The third kappa shape index (κ3) is 2.00. The van der Waals surface area contributed by atoms with E-state index in [0.29, 0.717) is 0 Å². The molecule has 0 amide bonds. The first-order valence-corrected chi connectivity index (χ1v) is 7.12. The molecule has 3 rings (SSSR count). The molecule has 0 aromatic carbocycles. The first-order chi connectivity index (χ1) is 8.08. The van der Waals surface area contributed by atoms with Crippen molar-refractivity contribution in [2.75, 3.05) is 0 Å². The Bertz CT molecular complexity index is 534. The van der Waals surface area contributed by atoms with Gasteiger partial charge in [-0.05, 0) is 39.5 Å². The van der Waals surface area contributed by atoms with Crippen LogP contribution in [0.5, 0.6) is 0 Å². The van der Waals surface area contributed by atoms with E-state index in [0.717, 1.165) is 23.1 Å². The predicted octanol–water partition coefficient (Wildman–Crippen LogP) is 2.98. The Morgan fingerprint density at radius 1 is 1.53 bits per heavy atom. The van der Waals surface area contributed by atoms with Crippen molar-refractivity contribution in [3.63, 3.8) is 0 Å². The number of fused-ring (bicyclic) bond motifs is 1. The maximum atomic E-state index is 4.58. The molecule has 1 saturated carbocycles. The minimum atomic E-state index is 0.257. The summed E-state index contributed by atoms with van der Waals surface area (Å²) in [6.07, 6.45) is 4.86. The summed E-state index contributed by atoms with van der Waals surface area (Å²) in [6.45, 7) is 7.63. The molecule has 1 aliphatic carbocycles. The number of hydrogen-bond acceptors (Lipinski definition) is 3. The van der Waals surface area contributed by atoms with E-state index < -0.39 is 0 Å². The number of thiazole rings is 1. The van der Waals surface area contributed by atoms with Crippen LogP contribution in [0, 0.1) is 12.8 Å². The lowest BCUT2D eigenvalue weighted by molar-refractivity contribution is 0.337. The maximum Gasteiger partial charge on any atom is 0.194 e. The third-order valence-corrected chi connectivity index (χ3v) is 4.63. The monoisotopic (exact) mass is 249 g/mol. The Kier molecular flexibility index (Phi) is 2.52. The minimum absolute atomic E-state index is 0.257. The van der Waals surface area contributed by atoms with E-state index in [1.54, 1.807) is 11.3 Å². The van der Waals surface area contributed by atoms with Gasteiger partial charge in [-0.15, -0.1) is 11.3 Å². The van der Waals surface area contributed by atoms with Gasteiger partial charge in [0.1, 0.15) is 0 Å². The van der Waals surface area contributed by atoms with Gasteiger partial charge in [0.15, 0.2) is 4.96 Å². The molecule has 0 bridgehead atoms. The molecule has 92 valence electrons. The van der Waals surface area contributed by atoms with E-state index in [9.17, 15) is 0 Å². The second-order valence-corrected chi connectivity index (χ2v) is 6.42. The number of hydrogen-bond donors (Lipinski definition) is 1. The molecule has 1 fully saturated rings. The van der Waals surface area contributed by atoms with Gasteiger partial charge >= 0.3 is 0 Å². The molecule has 2 aromatic heterocycles. The number of nitrogens with zero attached hydrogens (tertiary/aromatic N) is 2. The molecule has 0 atom stereocenters. The second-order valence-electron chi connectivity index (χ2n) is 5.55. The lowest BCUT2D eigenvalue weighted by Crippen LogP contribution is -2.41. The molecule has 0 saturated heterocycles. The molecule has 0 unspecified atom stereocenters. The average molecular weight is 249 g/mol. The van der Waals surface area contributed by atoms with Gasteiger partial charge in [-0.25, -0.2) is 4.98 Å². The molecule has 0 spiro atoms. The average Bonchev–Trinajstić information content (AvgIpc) is 2.96. The van der Waals surface area contributed by atoms with Crippen molar-refractivity contribution in [2.24, 2.45) is 5.92 Å². The van der Waals surface area contributed by atoms with Gasteiger partial charge in [-0.3, -0.25) is 4.40 Å². The van der Waals surface area contributed by atoms with Gasteiger partial charge in [0.05, 0.1) is 11.4 Å². The Hall–Kier alpha value is -0.870. The molecule has 0 aliphatic heterocycles. The lowest BCUT2D eigenvalue weighted by atomic mass is 9.99. The van der Waals surface area contributed by atoms with Crippen LogP contribution in [0.1, 0.15) is 38.1 Å². The molecular formula is C13H19N3S. The molecule has 3 nitrogen and oxygen atoms in total. The zero-order valence-electron chi connectivity index (χ0n) is 10.7. The molecule has 1 aliphatic rings. The van der Waals surface area contributed by atoms with E-state index in [4.69, 9.17) is 0 Å². The van der Waals surface area contributed by atoms with E-state index in [-0.39, 0.29) is 5.54 Å². The number of rotatable bonds is 4. The largest absolute Gasteiger partial charge is 0.306 e. The second kappa shape index (κ2) is 3.82. The Morgan fingerprint density at radius 2 is 2.29 bits per heavy atom. The highest BCUT2D eigenvalue weighted by Crippen LogP contribution is 2.39. The predicted molar refractivity (Wildman–Crippen MR) is 71.4 cm³/mol. The topological polar surface area (TPSA) is 29.3 Å². The van der Waals surface area contributed by atoms with E-state index >= 15 is 0 Å². The van der Waals surface area contributed by atoms with Crippen molar-refractivity contribution in [1.82, 2.24) is 14.7 Å². The Morgan fingerprint density at radius 3 is 3.00 bits per heavy atom. The summed E-state index contributed by atoms with van der Waals surface area (Å²) in [7, 11) is 0. The highest BCUT2D eigenvalue weighted by Gasteiger charge is 2.37.